The fraction of sp³-hybridized carbons (Fsp3) is 0.462. The van der Waals surface area contributed by atoms with Gasteiger partial charge in [-0.3, -0.25) is 4.79 Å². The Morgan fingerprint density at radius 1 is 0.839 bits per heavy atom. The summed E-state index contributed by atoms with van der Waals surface area (Å²) in [6.07, 6.45) is -0.718. The fourth-order valence-corrected chi connectivity index (χ4v) is 3.18. The number of carbonyl (C=O) groups excluding carboxylic acids is 2. The molecule has 0 saturated heterocycles. The Balaban J connectivity index is 2.11. The van der Waals surface area contributed by atoms with Crippen LogP contribution < -0.4 is 10.1 Å². The third-order valence-corrected chi connectivity index (χ3v) is 4.93. The number of rotatable bonds is 9. The van der Waals surface area contributed by atoms with Gasteiger partial charge in [0.05, 0.1) is 6.61 Å². The van der Waals surface area contributed by atoms with E-state index in [9.17, 15) is 9.59 Å². The minimum atomic E-state index is -0.718. The van der Waals surface area contributed by atoms with Crippen molar-refractivity contribution in [3.8, 4) is 5.75 Å². The van der Waals surface area contributed by atoms with E-state index in [0.717, 1.165) is 16.8 Å². The minimum absolute atomic E-state index is 0.175. The molecular formula is C26H35NO4. The van der Waals surface area contributed by atoms with Crippen molar-refractivity contribution in [3.05, 3.63) is 59.2 Å². The molecule has 0 aliphatic heterocycles. The van der Waals surface area contributed by atoms with Gasteiger partial charge in [-0.25, -0.2) is 4.79 Å². The van der Waals surface area contributed by atoms with Crippen molar-refractivity contribution in [1.82, 2.24) is 0 Å². The zero-order valence-electron chi connectivity index (χ0n) is 19.7. The Morgan fingerprint density at radius 3 is 1.87 bits per heavy atom. The molecule has 0 bridgehead atoms. The topological polar surface area (TPSA) is 64.6 Å². The largest absolute Gasteiger partial charge is 0.479 e. The van der Waals surface area contributed by atoms with Crippen molar-refractivity contribution in [1.29, 1.82) is 0 Å². The molecule has 1 amide bonds. The molecule has 1 N–H and O–H groups in total. The van der Waals surface area contributed by atoms with E-state index in [-0.39, 0.29) is 11.8 Å². The molecule has 5 heteroatoms. The second-order valence-corrected chi connectivity index (χ2v) is 8.88. The van der Waals surface area contributed by atoms with E-state index in [0.29, 0.717) is 29.8 Å². The molecule has 0 aliphatic carbocycles. The normalized spacial score (nSPS) is 12.2. The van der Waals surface area contributed by atoms with Crippen molar-refractivity contribution in [2.45, 2.75) is 66.4 Å². The SMILES string of the molecule is CC(C)COC(=O)C(C)Oc1ccc(C(=O)Nc2c(C(C)C)cccc2C(C)C)cc1. The van der Waals surface area contributed by atoms with Gasteiger partial charge < -0.3 is 14.8 Å². The van der Waals surface area contributed by atoms with Gasteiger partial charge in [0.2, 0.25) is 0 Å². The van der Waals surface area contributed by atoms with Crippen LogP contribution in [0.25, 0.3) is 0 Å². The summed E-state index contributed by atoms with van der Waals surface area (Å²) in [7, 11) is 0. The highest BCUT2D eigenvalue weighted by Crippen LogP contribution is 2.32. The molecule has 0 spiro atoms. The van der Waals surface area contributed by atoms with Gasteiger partial charge in [0.1, 0.15) is 5.75 Å². The number of esters is 1. The summed E-state index contributed by atoms with van der Waals surface area (Å²) in [6, 6.07) is 12.9. The maximum Gasteiger partial charge on any atom is 0.347 e. The van der Waals surface area contributed by atoms with Gasteiger partial charge in [0, 0.05) is 11.3 Å². The predicted octanol–water partition coefficient (Wildman–Crippen LogP) is 6.15. The van der Waals surface area contributed by atoms with Crippen molar-refractivity contribution in [2.24, 2.45) is 5.92 Å². The number of nitrogens with one attached hydrogen (secondary N) is 1. The Bertz CT molecular complexity index is 859. The van der Waals surface area contributed by atoms with Crippen LogP contribution in [0.1, 0.15) is 81.8 Å². The van der Waals surface area contributed by atoms with Gasteiger partial charge >= 0.3 is 5.97 Å². The average Bonchev–Trinajstić information content (AvgIpc) is 2.72. The standard InChI is InChI=1S/C26H35NO4/c1-16(2)15-30-26(29)19(7)31-21-13-11-20(12-14-21)25(28)27-24-22(17(3)4)9-8-10-23(24)18(5)6/h8-14,16-19H,15H2,1-7H3,(H,27,28). The molecule has 168 valence electrons. The van der Waals surface area contributed by atoms with E-state index >= 15 is 0 Å². The van der Waals surface area contributed by atoms with Gasteiger partial charge in [0.15, 0.2) is 6.10 Å². The van der Waals surface area contributed by atoms with Crippen LogP contribution in [0.2, 0.25) is 0 Å². The summed E-state index contributed by atoms with van der Waals surface area (Å²) in [5.74, 6) is 0.790. The molecule has 0 aromatic heterocycles. The smallest absolute Gasteiger partial charge is 0.347 e. The van der Waals surface area contributed by atoms with E-state index in [4.69, 9.17) is 9.47 Å². The van der Waals surface area contributed by atoms with Crippen molar-refractivity contribution in [2.75, 3.05) is 11.9 Å². The van der Waals surface area contributed by atoms with E-state index < -0.39 is 12.1 Å². The van der Waals surface area contributed by atoms with Crippen molar-refractivity contribution < 1.29 is 19.1 Å². The maximum atomic E-state index is 12.9. The van der Waals surface area contributed by atoms with Gasteiger partial charge in [0.25, 0.3) is 5.91 Å². The first-order chi connectivity index (χ1) is 14.6. The molecule has 2 rings (SSSR count). The van der Waals surface area contributed by atoms with Crippen LogP contribution in [-0.2, 0) is 9.53 Å². The first kappa shape index (κ1) is 24.4. The van der Waals surface area contributed by atoms with Gasteiger partial charge in [-0.1, -0.05) is 59.7 Å². The van der Waals surface area contributed by atoms with Crippen LogP contribution in [0.5, 0.6) is 5.75 Å². The summed E-state index contributed by atoms with van der Waals surface area (Å²) in [6.45, 7) is 14.5. The molecule has 5 nitrogen and oxygen atoms in total. The number of carbonyl (C=O) groups is 2. The Morgan fingerprint density at radius 2 is 1.39 bits per heavy atom. The highest BCUT2D eigenvalue weighted by molar-refractivity contribution is 6.05. The molecule has 2 aromatic carbocycles. The Kier molecular flexibility index (Phi) is 8.66. The molecule has 1 atom stereocenters. The molecule has 2 aromatic rings. The van der Waals surface area contributed by atoms with Crippen LogP contribution >= 0.6 is 0 Å². The second kappa shape index (κ2) is 11.0. The van der Waals surface area contributed by atoms with Crippen LogP contribution in [0, 0.1) is 5.92 Å². The third-order valence-electron chi connectivity index (χ3n) is 4.93. The summed E-state index contributed by atoms with van der Waals surface area (Å²) < 4.78 is 10.9. The number of amides is 1. The van der Waals surface area contributed by atoms with Crippen LogP contribution in [-0.4, -0.2) is 24.6 Å². The molecule has 0 heterocycles. The summed E-state index contributed by atoms with van der Waals surface area (Å²) in [5, 5.41) is 3.11. The van der Waals surface area contributed by atoms with Gasteiger partial charge in [-0.05, 0) is 60.1 Å². The summed E-state index contributed by atoms with van der Waals surface area (Å²) in [5.41, 5.74) is 3.65. The van der Waals surface area contributed by atoms with Crippen LogP contribution in [0.15, 0.2) is 42.5 Å². The maximum absolute atomic E-state index is 12.9. The zero-order chi connectivity index (χ0) is 23.1. The van der Waals surface area contributed by atoms with E-state index in [1.165, 1.54) is 0 Å². The number of hydrogen-bond donors (Lipinski definition) is 1. The lowest BCUT2D eigenvalue weighted by Crippen LogP contribution is -2.27. The lowest BCUT2D eigenvalue weighted by atomic mass is 9.92. The molecule has 31 heavy (non-hydrogen) atoms. The molecule has 0 radical (unpaired) electrons. The monoisotopic (exact) mass is 425 g/mol. The van der Waals surface area contributed by atoms with Crippen molar-refractivity contribution >= 4 is 17.6 Å². The quantitative estimate of drug-likeness (QED) is 0.489. The third kappa shape index (κ3) is 6.84. The minimum Gasteiger partial charge on any atom is -0.479 e. The zero-order valence-corrected chi connectivity index (χ0v) is 19.7. The van der Waals surface area contributed by atoms with Crippen molar-refractivity contribution in [3.63, 3.8) is 0 Å². The van der Waals surface area contributed by atoms with E-state index in [1.807, 2.05) is 19.9 Å². The predicted molar refractivity (Wildman–Crippen MR) is 125 cm³/mol. The molecule has 1 unspecified atom stereocenters. The summed E-state index contributed by atoms with van der Waals surface area (Å²) >= 11 is 0. The van der Waals surface area contributed by atoms with Gasteiger partial charge in [-0.15, -0.1) is 0 Å². The Labute approximate surface area is 186 Å². The number of benzene rings is 2. The van der Waals surface area contributed by atoms with Crippen LogP contribution in [0.3, 0.4) is 0 Å². The fourth-order valence-electron chi connectivity index (χ4n) is 3.18. The van der Waals surface area contributed by atoms with Crippen LogP contribution in [0.4, 0.5) is 5.69 Å². The number of ether oxygens (including phenoxy) is 2. The Hall–Kier alpha value is -2.82. The molecule has 0 aliphatic rings. The molecule has 0 saturated carbocycles. The summed E-state index contributed by atoms with van der Waals surface area (Å²) in [4.78, 5) is 24.9. The lowest BCUT2D eigenvalue weighted by molar-refractivity contribution is -0.152. The molecule has 0 fully saturated rings. The van der Waals surface area contributed by atoms with Gasteiger partial charge in [-0.2, -0.15) is 0 Å². The highest BCUT2D eigenvalue weighted by Gasteiger charge is 2.19. The lowest BCUT2D eigenvalue weighted by Gasteiger charge is -2.20. The average molecular weight is 426 g/mol. The second-order valence-electron chi connectivity index (χ2n) is 8.88. The first-order valence-electron chi connectivity index (χ1n) is 11.0. The number of para-hydroxylation sites is 1. The van der Waals surface area contributed by atoms with E-state index in [1.54, 1.807) is 31.2 Å². The number of anilines is 1. The number of hydrogen-bond acceptors (Lipinski definition) is 4. The molecular weight excluding hydrogens is 390 g/mol. The first-order valence-corrected chi connectivity index (χ1v) is 11.0. The van der Waals surface area contributed by atoms with E-state index in [2.05, 4.69) is 45.1 Å². The highest BCUT2D eigenvalue weighted by atomic mass is 16.6.